The van der Waals surface area contributed by atoms with Crippen LogP contribution in [-0.2, 0) is 4.74 Å². The normalized spacial score (nSPS) is 9.50. The highest BCUT2D eigenvalue weighted by molar-refractivity contribution is 4.51. The van der Waals surface area contributed by atoms with Crippen molar-refractivity contribution in [1.29, 1.82) is 0 Å². The van der Waals surface area contributed by atoms with Crippen molar-refractivity contribution >= 4 is 0 Å². The first-order chi connectivity index (χ1) is 5.85. The van der Waals surface area contributed by atoms with E-state index < -0.39 is 6.10 Å². The lowest BCUT2D eigenvalue weighted by Gasteiger charge is -2.11. The van der Waals surface area contributed by atoms with E-state index in [1.54, 1.807) is 0 Å². The summed E-state index contributed by atoms with van der Waals surface area (Å²) in [5, 5.41) is 17.0. The molecule has 12 heavy (non-hydrogen) atoms. The molecule has 0 aromatic rings. The zero-order valence-electron chi connectivity index (χ0n) is 7.15. The Hall–Kier alpha value is -0.240. The summed E-state index contributed by atoms with van der Waals surface area (Å²) >= 11 is 0. The molecule has 0 aliphatic heterocycles. The Morgan fingerprint density at radius 1 is 1.17 bits per heavy atom. The SMILES string of the molecule is NCCCOC(CO)CO.NN. The lowest BCUT2D eigenvalue weighted by molar-refractivity contribution is -0.0197. The molecule has 0 bridgehead atoms. The zero-order chi connectivity index (χ0) is 9.82. The quantitative estimate of drug-likeness (QED) is 0.175. The Morgan fingerprint density at radius 2 is 1.67 bits per heavy atom. The first-order valence-corrected chi connectivity index (χ1v) is 3.71. The molecular formula is C6H19N3O3. The van der Waals surface area contributed by atoms with E-state index in [1.807, 2.05) is 0 Å². The number of aliphatic hydroxyl groups excluding tert-OH is 2. The van der Waals surface area contributed by atoms with Crippen LogP contribution < -0.4 is 17.4 Å². The second-order valence-corrected chi connectivity index (χ2v) is 2.00. The average molecular weight is 181 g/mol. The number of ether oxygens (including phenoxy) is 1. The van der Waals surface area contributed by atoms with Gasteiger partial charge < -0.3 is 20.7 Å². The maximum atomic E-state index is 8.51. The molecule has 0 fully saturated rings. The Kier molecular flexibility index (Phi) is 15.9. The van der Waals surface area contributed by atoms with Gasteiger partial charge in [0.05, 0.1) is 13.2 Å². The largest absolute Gasteiger partial charge is 0.394 e. The maximum absolute atomic E-state index is 8.51. The van der Waals surface area contributed by atoms with Crippen LogP contribution in [0.4, 0.5) is 0 Å². The van der Waals surface area contributed by atoms with Crippen molar-refractivity contribution < 1.29 is 14.9 Å². The average Bonchev–Trinajstić information content (AvgIpc) is 2.16. The van der Waals surface area contributed by atoms with E-state index in [0.29, 0.717) is 13.2 Å². The minimum absolute atomic E-state index is 0.138. The Labute approximate surface area is 72.3 Å². The highest BCUT2D eigenvalue weighted by atomic mass is 16.5. The molecule has 0 unspecified atom stereocenters. The van der Waals surface area contributed by atoms with Crippen LogP contribution in [0.15, 0.2) is 0 Å². The van der Waals surface area contributed by atoms with Crippen molar-refractivity contribution in [1.82, 2.24) is 0 Å². The summed E-state index contributed by atoms with van der Waals surface area (Å²) in [6.45, 7) is 0.800. The minimum atomic E-state index is -0.438. The second kappa shape index (κ2) is 13.4. The molecule has 0 saturated heterocycles. The molecule has 76 valence electrons. The molecule has 0 radical (unpaired) electrons. The van der Waals surface area contributed by atoms with E-state index in [4.69, 9.17) is 20.7 Å². The highest BCUT2D eigenvalue weighted by Crippen LogP contribution is 1.89. The zero-order valence-corrected chi connectivity index (χ0v) is 7.15. The molecule has 0 saturated carbocycles. The molecule has 0 aliphatic rings. The van der Waals surface area contributed by atoms with E-state index in [2.05, 4.69) is 11.7 Å². The number of hydrogen-bond donors (Lipinski definition) is 5. The summed E-state index contributed by atoms with van der Waals surface area (Å²) in [6.07, 6.45) is 0.322. The van der Waals surface area contributed by atoms with Crippen molar-refractivity contribution in [3.8, 4) is 0 Å². The molecule has 6 heteroatoms. The summed E-state index contributed by atoms with van der Waals surface area (Å²) in [5.41, 5.74) is 5.19. The van der Waals surface area contributed by atoms with Crippen molar-refractivity contribution in [2.75, 3.05) is 26.4 Å². The van der Waals surface area contributed by atoms with Gasteiger partial charge in [0.15, 0.2) is 0 Å². The van der Waals surface area contributed by atoms with Gasteiger partial charge in [-0.2, -0.15) is 0 Å². The first-order valence-electron chi connectivity index (χ1n) is 3.71. The van der Waals surface area contributed by atoms with Gasteiger partial charge in [0, 0.05) is 6.61 Å². The Bertz CT molecular complexity index is 71.1. The van der Waals surface area contributed by atoms with Crippen LogP contribution in [-0.4, -0.2) is 42.7 Å². The van der Waals surface area contributed by atoms with E-state index >= 15 is 0 Å². The van der Waals surface area contributed by atoms with Gasteiger partial charge in [-0.15, -0.1) is 0 Å². The summed E-state index contributed by atoms with van der Waals surface area (Å²) in [6, 6.07) is 0. The van der Waals surface area contributed by atoms with Gasteiger partial charge in [0.25, 0.3) is 0 Å². The second-order valence-electron chi connectivity index (χ2n) is 2.00. The van der Waals surface area contributed by atoms with Crippen LogP contribution in [0, 0.1) is 0 Å². The molecule has 0 atom stereocenters. The van der Waals surface area contributed by atoms with E-state index in [1.165, 1.54) is 0 Å². The lowest BCUT2D eigenvalue weighted by atomic mass is 10.4. The number of rotatable bonds is 6. The molecular weight excluding hydrogens is 162 g/mol. The minimum Gasteiger partial charge on any atom is -0.394 e. The molecule has 6 nitrogen and oxygen atoms in total. The van der Waals surface area contributed by atoms with Gasteiger partial charge in [0.1, 0.15) is 6.10 Å². The molecule has 0 rings (SSSR count). The van der Waals surface area contributed by atoms with Crippen molar-refractivity contribution in [2.24, 2.45) is 17.4 Å². The van der Waals surface area contributed by atoms with Crippen molar-refractivity contribution in [3.05, 3.63) is 0 Å². The Morgan fingerprint density at radius 3 is 2.00 bits per heavy atom. The standard InChI is InChI=1S/C6H15NO3.H4N2/c7-2-1-3-10-6(4-8)5-9;1-2/h6,8-9H,1-5,7H2;1-2H2. The molecule has 0 aliphatic carbocycles. The fourth-order valence-corrected chi connectivity index (χ4v) is 0.496. The Balaban J connectivity index is 0. The summed E-state index contributed by atoms with van der Waals surface area (Å²) in [7, 11) is 0. The van der Waals surface area contributed by atoms with Gasteiger partial charge in [-0.1, -0.05) is 0 Å². The highest BCUT2D eigenvalue weighted by Gasteiger charge is 2.03. The topological polar surface area (TPSA) is 128 Å². The third-order valence-corrected chi connectivity index (χ3v) is 1.11. The lowest BCUT2D eigenvalue weighted by Crippen LogP contribution is -2.23. The molecule has 0 aromatic carbocycles. The van der Waals surface area contributed by atoms with E-state index in [0.717, 1.165) is 6.42 Å². The number of hydrazine groups is 1. The predicted molar refractivity (Wildman–Crippen MR) is 46.0 cm³/mol. The van der Waals surface area contributed by atoms with Gasteiger partial charge >= 0.3 is 0 Å². The molecule has 0 heterocycles. The number of aliphatic hydroxyl groups is 2. The summed E-state index contributed by atoms with van der Waals surface area (Å²) < 4.78 is 5.00. The maximum Gasteiger partial charge on any atom is 0.104 e. The number of nitrogens with two attached hydrogens (primary N) is 3. The summed E-state index contributed by atoms with van der Waals surface area (Å²) in [4.78, 5) is 0. The van der Waals surface area contributed by atoms with Gasteiger partial charge in [-0.3, -0.25) is 11.7 Å². The molecule has 0 spiro atoms. The van der Waals surface area contributed by atoms with Crippen LogP contribution in [0.5, 0.6) is 0 Å². The van der Waals surface area contributed by atoms with Gasteiger partial charge in [0.2, 0.25) is 0 Å². The molecule has 8 N–H and O–H groups in total. The van der Waals surface area contributed by atoms with E-state index in [-0.39, 0.29) is 13.2 Å². The number of hydrogen-bond acceptors (Lipinski definition) is 6. The predicted octanol–water partition coefficient (Wildman–Crippen LogP) is -2.48. The summed E-state index contributed by atoms with van der Waals surface area (Å²) in [5.74, 6) is 8.00. The fourth-order valence-electron chi connectivity index (χ4n) is 0.496. The monoisotopic (exact) mass is 181 g/mol. The van der Waals surface area contributed by atoms with Crippen LogP contribution in [0.2, 0.25) is 0 Å². The van der Waals surface area contributed by atoms with Crippen LogP contribution >= 0.6 is 0 Å². The van der Waals surface area contributed by atoms with Crippen LogP contribution in [0.1, 0.15) is 6.42 Å². The smallest absolute Gasteiger partial charge is 0.104 e. The van der Waals surface area contributed by atoms with Crippen LogP contribution in [0.3, 0.4) is 0 Å². The van der Waals surface area contributed by atoms with Gasteiger partial charge in [-0.05, 0) is 13.0 Å². The third-order valence-electron chi connectivity index (χ3n) is 1.11. The van der Waals surface area contributed by atoms with Crippen LogP contribution in [0.25, 0.3) is 0 Å². The third kappa shape index (κ3) is 9.76. The van der Waals surface area contributed by atoms with Gasteiger partial charge in [-0.25, -0.2) is 0 Å². The molecule has 0 amide bonds. The fraction of sp³-hybridized carbons (Fsp3) is 1.00. The van der Waals surface area contributed by atoms with Crippen molar-refractivity contribution in [2.45, 2.75) is 12.5 Å². The first kappa shape index (κ1) is 14.3. The van der Waals surface area contributed by atoms with E-state index in [9.17, 15) is 0 Å². The molecule has 0 aromatic heterocycles. The van der Waals surface area contributed by atoms with Crippen molar-refractivity contribution in [3.63, 3.8) is 0 Å².